The lowest BCUT2D eigenvalue weighted by atomic mass is 10.0. The first-order chi connectivity index (χ1) is 11.1. The molecule has 3 N–H and O–H groups in total. The van der Waals surface area contributed by atoms with Crippen molar-refractivity contribution in [2.45, 2.75) is 37.3 Å². The third kappa shape index (κ3) is 6.65. The number of hydrogen-bond donors (Lipinski definition) is 3. The van der Waals surface area contributed by atoms with Gasteiger partial charge in [-0.25, -0.2) is 4.99 Å². The van der Waals surface area contributed by atoms with Crippen LogP contribution >= 0.6 is 47.5 Å². The standard InChI is InChI=1S/C17H27N3OS2.HI/c1-4-18-16(20-11-17(21)7-8-23-12-17)19-10-14-6-5-13(2)9-15(14)22-3;/h5-6,9,21H,4,7-8,10-12H2,1-3H3,(H2,18,19,20);1H. The van der Waals surface area contributed by atoms with E-state index >= 15 is 0 Å². The lowest BCUT2D eigenvalue weighted by molar-refractivity contribution is 0.0724. The summed E-state index contributed by atoms with van der Waals surface area (Å²) in [4.78, 5) is 5.95. The van der Waals surface area contributed by atoms with Crippen LogP contribution in [0.5, 0.6) is 0 Å². The van der Waals surface area contributed by atoms with Gasteiger partial charge >= 0.3 is 0 Å². The summed E-state index contributed by atoms with van der Waals surface area (Å²) in [6.07, 6.45) is 2.94. The van der Waals surface area contributed by atoms with Gasteiger partial charge in [-0.05, 0) is 49.5 Å². The molecule has 0 aliphatic carbocycles. The van der Waals surface area contributed by atoms with Gasteiger partial charge in [-0.1, -0.05) is 12.1 Å². The Labute approximate surface area is 171 Å². The molecule has 1 unspecified atom stereocenters. The van der Waals surface area contributed by atoms with E-state index in [1.165, 1.54) is 16.0 Å². The molecule has 0 aromatic heterocycles. The minimum Gasteiger partial charge on any atom is -0.387 e. The van der Waals surface area contributed by atoms with Crippen LogP contribution in [0.4, 0.5) is 0 Å². The highest BCUT2D eigenvalue weighted by molar-refractivity contribution is 14.0. The first kappa shape index (κ1) is 21.9. The Morgan fingerprint density at radius 2 is 2.21 bits per heavy atom. The Balaban J connectivity index is 0.00000288. The van der Waals surface area contributed by atoms with Crippen LogP contribution in [0.1, 0.15) is 24.5 Å². The molecular formula is C17H28IN3OS2. The van der Waals surface area contributed by atoms with Crippen molar-refractivity contribution in [2.24, 2.45) is 4.99 Å². The molecule has 1 atom stereocenters. The molecule has 0 bridgehead atoms. The third-order valence-electron chi connectivity index (χ3n) is 3.86. The fraction of sp³-hybridized carbons (Fsp3) is 0.588. The summed E-state index contributed by atoms with van der Waals surface area (Å²) in [5, 5.41) is 17.0. The third-order valence-corrected chi connectivity index (χ3v) is 5.92. The molecule has 0 spiro atoms. The molecule has 0 amide bonds. The molecule has 1 fully saturated rings. The highest BCUT2D eigenvalue weighted by Gasteiger charge is 2.31. The Hall–Kier alpha value is -0.120. The fourth-order valence-corrected chi connectivity index (χ4v) is 4.47. The van der Waals surface area contributed by atoms with Crippen LogP contribution in [0.2, 0.25) is 0 Å². The summed E-state index contributed by atoms with van der Waals surface area (Å²) in [7, 11) is 0. The van der Waals surface area contributed by atoms with E-state index in [1.807, 2.05) is 11.8 Å². The molecule has 1 aromatic carbocycles. The van der Waals surface area contributed by atoms with Gasteiger partial charge < -0.3 is 15.7 Å². The highest BCUT2D eigenvalue weighted by atomic mass is 127. The number of thioether (sulfide) groups is 2. The van der Waals surface area contributed by atoms with Crippen LogP contribution in [-0.2, 0) is 6.54 Å². The van der Waals surface area contributed by atoms with Crippen LogP contribution in [0.15, 0.2) is 28.1 Å². The zero-order valence-electron chi connectivity index (χ0n) is 14.6. The van der Waals surface area contributed by atoms with Gasteiger partial charge in [0, 0.05) is 23.7 Å². The molecule has 7 heteroatoms. The smallest absolute Gasteiger partial charge is 0.191 e. The number of aliphatic imine (C=N–C) groups is 1. The lowest BCUT2D eigenvalue weighted by Crippen LogP contribution is -2.47. The maximum atomic E-state index is 10.4. The zero-order chi connectivity index (χ0) is 16.7. The Kier molecular flexibility index (Phi) is 9.84. The van der Waals surface area contributed by atoms with Crippen LogP contribution in [0.25, 0.3) is 0 Å². The van der Waals surface area contributed by atoms with E-state index in [1.54, 1.807) is 11.8 Å². The second kappa shape index (κ2) is 10.8. The number of halogens is 1. The summed E-state index contributed by atoms with van der Waals surface area (Å²) in [6, 6.07) is 6.48. The number of benzene rings is 1. The van der Waals surface area contributed by atoms with Crippen LogP contribution in [0.3, 0.4) is 0 Å². The maximum absolute atomic E-state index is 10.4. The topological polar surface area (TPSA) is 56.7 Å². The van der Waals surface area contributed by atoms with E-state index < -0.39 is 5.60 Å². The van der Waals surface area contributed by atoms with Crippen LogP contribution in [0, 0.1) is 6.92 Å². The summed E-state index contributed by atoms with van der Waals surface area (Å²) in [5.74, 6) is 2.60. The average Bonchev–Trinajstić information content (AvgIpc) is 2.98. The van der Waals surface area contributed by atoms with Crippen molar-refractivity contribution in [1.82, 2.24) is 10.6 Å². The van der Waals surface area contributed by atoms with Gasteiger partial charge in [0.2, 0.25) is 0 Å². The molecule has 2 rings (SSSR count). The van der Waals surface area contributed by atoms with E-state index in [4.69, 9.17) is 0 Å². The van der Waals surface area contributed by atoms with Gasteiger partial charge in [-0.15, -0.1) is 35.7 Å². The fourth-order valence-electron chi connectivity index (χ4n) is 2.47. The monoisotopic (exact) mass is 481 g/mol. The van der Waals surface area contributed by atoms with Crippen molar-refractivity contribution >= 4 is 53.5 Å². The number of guanidine groups is 1. The summed E-state index contributed by atoms with van der Waals surface area (Å²) < 4.78 is 0. The van der Waals surface area contributed by atoms with E-state index in [0.29, 0.717) is 13.1 Å². The van der Waals surface area contributed by atoms with E-state index in [2.05, 4.69) is 53.9 Å². The average molecular weight is 481 g/mol. The number of aliphatic hydroxyl groups is 1. The predicted octanol–water partition coefficient (Wildman–Crippen LogP) is 3.26. The van der Waals surface area contributed by atoms with Gasteiger partial charge in [0.1, 0.15) is 0 Å². The van der Waals surface area contributed by atoms with Gasteiger partial charge in [0.05, 0.1) is 12.1 Å². The van der Waals surface area contributed by atoms with E-state index in [-0.39, 0.29) is 24.0 Å². The molecule has 0 radical (unpaired) electrons. The summed E-state index contributed by atoms with van der Waals surface area (Å²) in [6.45, 7) is 6.16. The number of hydrogen-bond acceptors (Lipinski definition) is 4. The molecule has 1 heterocycles. The molecule has 0 saturated carbocycles. The van der Waals surface area contributed by atoms with Crippen molar-refractivity contribution < 1.29 is 5.11 Å². The largest absolute Gasteiger partial charge is 0.387 e. The first-order valence-corrected chi connectivity index (χ1v) is 10.4. The minimum atomic E-state index is -0.602. The van der Waals surface area contributed by atoms with E-state index in [9.17, 15) is 5.11 Å². The Bertz CT molecular complexity index is 549. The van der Waals surface area contributed by atoms with Crippen LogP contribution < -0.4 is 10.6 Å². The number of nitrogens with zero attached hydrogens (tertiary/aromatic N) is 1. The number of nitrogens with one attached hydrogen (secondary N) is 2. The molecule has 4 nitrogen and oxygen atoms in total. The molecule has 24 heavy (non-hydrogen) atoms. The lowest BCUT2D eigenvalue weighted by Gasteiger charge is -2.23. The van der Waals surface area contributed by atoms with Gasteiger partial charge in [0.15, 0.2) is 5.96 Å². The second-order valence-corrected chi connectivity index (χ2v) is 7.84. The van der Waals surface area contributed by atoms with Crippen molar-refractivity contribution in [3.63, 3.8) is 0 Å². The van der Waals surface area contributed by atoms with Crippen molar-refractivity contribution in [3.05, 3.63) is 29.3 Å². The van der Waals surface area contributed by atoms with Crippen molar-refractivity contribution in [3.8, 4) is 0 Å². The number of aryl methyl sites for hydroxylation is 1. The second-order valence-electron chi connectivity index (χ2n) is 5.89. The molecule has 1 aliphatic heterocycles. The SMILES string of the molecule is CCNC(=NCc1ccc(C)cc1SC)NCC1(O)CCSC1.I. The molecule has 1 saturated heterocycles. The predicted molar refractivity (Wildman–Crippen MR) is 118 cm³/mol. The minimum absolute atomic E-state index is 0. The molecule has 1 aliphatic rings. The zero-order valence-corrected chi connectivity index (χ0v) is 18.6. The molecule has 1 aromatic rings. The van der Waals surface area contributed by atoms with Gasteiger partial charge in [0.25, 0.3) is 0 Å². The van der Waals surface area contributed by atoms with Crippen molar-refractivity contribution in [2.75, 3.05) is 30.9 Å². The normalized spacial score (nSPS) is 20.6. The Morgan fingerprint density at radius 1 is 1.42 bits per heavy atom. The molecule has 136 valence electrons. The Morgan fingerprint density at radius 3 is 2.83 bits per heavy atom. The summed E-state index contributed by atoms with van der Waals surface area (Å²) in [5.41, 5.74) is 1.90. The quantitative estimate of drug-likeness (QED) is 0.252. The highest BCUT2D eigenvalue weighted by Crippen LogP contribution is 2.27. The summed E-state index contributed by atoms with van der Waals surface area (Å²) >= 11 is 3.56. The maximum Gasteiger partial charge on any atom is 0.191 e. The van der Waals surface area contributed by atoms with Crippen molar-refractivity contribution in [1.29, 1.82) is 0 Å². The number of rotatable bonds is 6. The van der Waals surface area contributed by atoms with Gasteiger partial charge in [-0.2, -0.15) is 11.8 Å². The molecular weight excluding hydrogens is 453 g/mol. The van der Waals surface area contributed by atoms with Gasteiger partial charge in [-0.3, -0.25) is 0 Å². The first-order valence-electron chi connectivity index (χ1n) is 8.02. The van der Waals surface area contributed by atoms with E-state index in [0.717, 1.165) is 30.4 Å². The van der Waals surface area contributed by atoms with Crippen LogP contribution in [-0.4, -0.2) is 47.5 Å².